The molecule has 0 radical (unpaired) electrons. The summed E-state index contributed by atoms with van der Waals surface area (Å²) in [5.74, 6) is -2.65. The van der Waals surface area contributed by atoms with Crippen LogP contribution in [0.5, 0.6) is 0 Å². The van der Waals surface area contributed by atoms with Gasteiger partial charge in [-0.25, -0.2) is 0 Å². The van der Waals surface area contributed by atoms with E-state index in [2.05, 4.69) is 25.3 Å². The van der Waals surface area contributed by atoms with Crippen LogP contribution in [-0.2, 0) is 26.7 Å². The maximum Gasteiger partial charge on any atom is 2.00 e. The zero-order chi connectivity index (χ0) is 8.57. The van der Waals surface area contributed by atoms with Gasteiger partial charge in [0.15, 0.2) is 0 Å². The fraction of sp³-hybridized carbons (Fsp3) is 0.500. The van der Waals surface area contributed by atoms with E-state index in [1.54, 1.807) is 0 Å². The van der Waals surface area contributed by atoms with Crippen molar-refractivity contribution in [1.29, 1.82) is 0 Å². The summed E-state index contributed by atoms with van der Waals surface area (Å²) >= 11 is 6.71. The van der Waals surface area contributed by atoms with E-state index in [0.717, 1.165) is 0 Å². The van der Waals surface area contributed by atoms with Crippen molar-refractivity contribution in [3.05, 3.63) is 0 Å². The van der Waals surface area contributed by atoms with E-state index >= 15 is 0 Å². The van der Waals surface area contributed by atoms with Crippen molar-refractivity contribution < 1.29 is 36.9 Å². The normalized spacial score (nSPS) is 6.73. The van der Waals surface area contributed by atoms with Crippen molar-refractivity contribution >= 4 is 37.2 Å². The summed E-state index contributed by atoms with van der Waals surface area (Å²) in [5, 5.41) is 18.4. The van der Waals surface area contributed by atoms with Crippen LogP contribution in [0.4, 0.5) is 0 Å². The quantitative estimate of drug-likeness (QED) is 0.406. The summed E-state index contributed by atoms with van der Waals surface area (Å²) in [6, 6.07) is 0. The monoisotopic (exact) mass is 238 g/mol. The molecule has 0 saturated heterocycles. The van der Waals surface area contributed by atoms with E-state index in [9.17, 15) is 19.8 Å². The van der Waals surface area contributed by atoms with Gasteiger partial charge in [-0.1, -0.05) is 0 Å². The first kappa shape index (κ1) is 17.3. The summed E-state index contributed by atoms with van der Waals surface area (Å²) in [6.45, 7) is 0. The van der Waals surface area contributed by atoms with Gasteiger partial charge in [-0.05, 0) is 0 Å². The third-order valence-electron chi connectivity index (χ3n) is 0.258. The molecule has 0 N–H and O–H groups in total. The van der Waals surface area contributed by atoms with E-state index in [4.69, 9.17) is 0 Å². The van der Waals surface area contributed by atoms with Crippen LogP contribution in [-0.4, -0.2) is 23.4 Å². The van der Waals surface area contributed by atoms with Crippen molar-refractivity contribution in [2.75, 3.05) is 11.5 Å². The van der Waals surface area contributed by atoms with E-state index in [-0.39, 0.29) is 28.6 Å². The molecule has 0 aliphatic rings. The molecule has 4 nitrogen and oxygen atoms in total. The molecule has 0 heterocycles. The first-order chi connectivity index (χ1) is 4.54. The molecule has 0 aromatic rings. The minimum absolute atomic E-state index is 0. The maximum absolute atomic E-state index is 9.18. The third-order valence-corrected chi connectivity index (χ3v) is 0.775. The number of thiol groups is 2. The molecule has 0 unspecified atom stereocenters. The Balaban J connectivity index is -0.000000107. The van der Waals surface area contributed by atoms with Gasteiger partial charge >= 0.3 is 17.1 Å². The molecule has 0 aromatic carbocycles. The fourth-order valence-corrected chi connectivity index (χ4v) is 0. The molecule has 66 valence electrons. The molecule has 0 aliphatic carbocycles. The van der Waals surface area contributed by atoms with Gasteiger partial charge < -0.3 is 19.8 Å². The van der Waals surface area contributed by atoms with Crippen LogP contribution in [0.15, 0.2) is 0 Å². The van der Waals surface area contributed by atoms with E-state index < -0.39 is 11.9 Å². The summed E-state index contributed by atoms with van der Waals surface area (Å²) in [7, 11) is 0. The van der Waals surface area contributed by atoms with Crippen LogP contribution in [0.25, 0.3) is 0 Å². The molecular weight excluding hydrogens is 232 g/mol. The minimum Gasteiger partial charge on any atom is -0.549 e. The number of carbonyl (C=O) groups excluding carboxylic acids is 2. The van der Waals surface area contributed by atoms with Crippen molar-refractivity contribution in [3.63, 3.8) is 0 Å². The van der Waals surface area contributed by atoms with Gasteiger partial charge in [0.25, 0.3) is 0 Å². The zero-order valence-corrected chi connectivity index (χ0v) is 8.19. The summed E-state index contributed by atoms with van der Waals surface area (Å²) in [6.07, 6.45) is 0. The average molecular weight is 238 g/mol. The van der Waals surface area contributed by atoms with Gasteiger partial charge in [-0.3, -0.25) is 0 Å². The number of hydrogen-bond acceptors (Lipinski definition) is 6. The van der Waals surface area contributed by atoms with Crippen molar-refractivity contribution in [1.82, 2.24) is 0 Å². The smallest absolute Gasteiger partial charge is 0.549 e. The second-order valence-electron chi connectivity index (χ2n) is 1.06. The van der Waals surface area contributed by atoms with Crippen molar-refractivity contribution in [3.8, 4) is 0 Å². The first-order valence-corrected chi connectivity index (χ1v) is 3.42. The van der Waals surface area contributed by atoms with E-state index in [1.165, 1.54) is 0 Å². The Hall–Kier alpha value is 0.159. The first-order valence-electron chi connectivity index (χ1n) is 2.16. The molecule has 0 atom stereocenters. The third kappa shape index (κ3) is 39.1. The summed E-state index contributed by atoms with van der Waals surface area (Å²) in [4.78, 5) is 18.4. The van der Waals surface area contributed by atoms with E-state index in [1.807, 2.05) is 0 Å². The zero-order valence-electron chi connectivity index (χ0n) is 5.30. The second-order valence-corrected chi connectivity index (χ2v) is 1.69. The number of carboxylic acids is 2. The van der Waals surface area contributed by atoms with Crippen LogP contribution < -0.4 is 10.2 Å². The SMILES string of the molecule is O=C([O-])CS.O=C([O-])CS.[Fe+2]. The predicted octanol–water partition coefficient (Wildman–Crippen LogP) is -2.67. The van der Waals surface area contributed by atoms with Crippen LogP contribution in [0.1, 0.15) is 0 Å². The number of carbonyl (C=O) groups is 2. The van der Waals surface area contributed by atoms with E-state index in [0.29, 0.717) is 0 Å². The van der Waals surface area contributed by atoms with Gasteiger partial charge in [0.05, 0.1) is 11.9 Å². The molecule has 0 bridgehead atoms. The van der Waals surface area contributed by atoms with Gasteiger partial charge in [0.2, 0.25) is 0 Å². The molecule has 0 amide bonds. The molecule has 0 fully saturated rings. The number of rotatable bonds is 2. The maximum atomic E-state index is 9.18. The van der Waals surface area contributed by atoms with Crippen LogP contribution >= 0.6 is 25.3 Å². The van der Waals surface area contributed by atoms with Crippen molar-refractivity contribution in [2.45, 2.75) is 0 Å². The minimum atomic E-state index is -1.13. The molecule has 11 heavy (non-hydrogen) atoms. The number of carboxylic acid groups (broad SMARTS) is 2. The Bertz CT molecular complexity index is 105. The Kier molecular flexibility index (Phi) is 20.1. The molecule has 0 aromatic heterocycles. The average Bonchev–Trinajstić information content (AvgIpc) is 1.89. The largest absolute Gasteiger partial charge is 2.00 e. The van der Waals surface area contributed by atoms with Gasteiger partial charge in [0, 0.05) is 11.5 Å². The van der Waals surface area contributed by atoms with Crippen molar-refractivity contribution in [2.24, 2.45) is 0 Å². The number of hydrogen-bond donors (Lipinski definition) is 2. The molecule has 7 heteroatoms. The molecular formula is C4H6FeO4S2. The fourth-order valence-electron chi connectivity index (χ4n) is 0. The Morgan fingerprint density at radius 1 is 1.00 bits per heavy atom. The van der Waals surface area contributed by atoms with Crippen LogP contribution in [0, 0.1) is 0 Å². The van der Waals surface area contributed by atoms with Crippen LogP contribution in [0.3, 0.4) is 0 Å². The predicted molar refractivity (Wildman–Crippen MR) is 37.7 cm³/mol. The topological polar surface area (TPSA) is 80.3 Å². The Morgan fingerprint density at radius 2 is 1.09 bits per heavy atom. The standard InChI is InChI=1S/2C2H4O2S.Fe/c2*3-2(4)1-5;/h2*5H,1H2,(H,3,4);/q;;+2/p-2. The van der Waals surface area contributed by atoms with Gasteiger partial charge in [-0.15, -0.1) is 0 Å². The van der Waals surface area contributed by atoms with Crippen LogP contribution in [0.2, 0.25) is 0 Å². The molecule has 0 rings (SSSR count). The number of aliphatic carboxylic acids is 2. The molecule has 0 saturated carbocycles. The van der Waals surface area contributed by atoms with Gasteiger partial charge in [0.1, 0.15) is 0 Å². The molecule has 0 aliphatic heterocycles. The Morgan fingerprint density at radius 3 is 1.09 bits per heavy atom. The molecule has 0 spiro atoms. The Labute approximate surface area is 85.7 Å². The van der Waals surface area contributed by atoms with Gasteiger partial charge in [-0.2, -0.15) is 25.3 Å². The summed E-state index contributed by atoms with van der Waals surface area (Å²) in [5.41, 5.74) is 0. The second kappa shape index (κ2) is 12.8. The summed E-state index contributed by atoms with van der Waals surface area (Å²) < 4.78 is 0.